The van der Waals surface area contributed by atoms with Crippen molar-refractivity contribution < 1.29 is 13.2 Å². The molecule has 0 bridgehead atoms. The Kier molecular flexibility index (Phi) is 4.37. The number of alkyl halides is 3. The van der Waals surface area contributed by atoms with Gasteiger partial charge in [-0.25, -0.2) is 9.97 Å². The predicted molar refractivity (Wildman–Crippen MR) is 76.7 cm³/mol. The van der Waals surface area contributed by atoms with Gasteiger partial charge in [0.2, 0.25) is 0 Å². The molecule has 0 aliphatic carbocycles. The normalized spacial score (nSPS) is 11.2. The molecule has 0 spiro atoms. The molecule has 3 N–H and O–H groups in total. The smallest absolute Gasteiger partial charge is 0.388 e. The van der Waals surface area contributed by atoms with E-state index in [1.165, 1.54) is 24.5 Å². The van der Waals surface area contributed by atoms with Gasteiger partial charge >= 0.3 is 6.18 Å². The van der Waals surface area contributed by atoms with Gasteiger partial charge in [0.25, 0.3) is 0 Å². The van der Waals surface area contributed by atoms with Gasteiger partial charge in [-0.3, -0.25) is 0 Å². The molecule has 1 aromatic heterocycles. The van der Waals surface area contributed by atoms with E-state index in [1.54, 1.807) is 0 Å². The first-order valence-corrected chi connectivity index (χ1v) is 6.29. The Morgan fingerprint density at radius 1 is 1.14 bits per heavy atom. The fourth-order valence-corrected chi connectivity index (χ4v) is 1.66. The molecule has 2 rings (SSSR count). The van der Waals surface area contributed by atoms with Crippen molar-refractivity contribution in [1.82, 2.24) is 9.97 Å². The van der Waals surface area contributed by atoms with Gasteiger partial charge in [-0.2, -0.15) is 13.2 Å². The van der Waals surface area contributed by atoms with E-state index in [4.69, 9.17) is 18.0 Å². The lowest BCUT2D eigenvalue weighted by molar-refractivity contribution is -0.137. The highest BCUT2D eigenvalue weighted by atomic mass is 32.1. The summed E-state index contributed by atoms with van der Waals surface area (Å²) in [6, 6.07) is 4.90. The van der Waals surface area contributed by atoms with E-state index in [2.05, 4.69) is 15.3 Å². The number of nitrogens with two attached hydrogens (primary N) is 1. The van der Waals surface area contributed by atoms with E-state index in [1.807, 2.05) is 0 Å². The SMILES string of the molecule is NC(=S)c1cnc(NCc2ccc(C(F)(F)F)cc2)cn1. The van der Waals surface area contributed by atoms with Gasteiger partial charge in [0.1, 0.15) is 16.5 Å². The molecule has 0 aliphatic heterocycles. The molecule has 0 saturated heterocycles. The van der Waals surface area contributed by atoms with E-state index in [0.717, 1.165) is 12.1 Å². The molecule has 110 valence electrons. The molecule has 2 aromatic rings. The Balaban J connectivity index is 1.98. The molecule has 4 nitrogen and oxygen atoms in total. The molecule has 0 saturated carbocycles. The number of halogens is 3. The third-order valence-electron chi connectivity index (χ3n) is 2.66. The van der Waals surface area contributed by atoms with Crippen molar-refractivity contribution in [3.05, 3.63) is 53.5 Å². The van der Waals surface area contributed by atoms with Crippen molar-refractivity contribution in [2.45, 2.75) is 12.7 Å². The minimum Gasteiger partial charge on any atom is -0.388 e. The van der Waals surface area contributed by atoms with Crippen LogP contribution in [0.5, 0.6) is 0 Å². The monoisotopic (exact) mass is 312 g/mol. The number of hydrogen-bond acceptors (Lipinski definition) is 4. The number of hydrogen-bond donors (Lipinski definition) is 2. The second-order valence-corrected chi connectivity index (χ2v) is 4.64. The summed E-state index contributed by atoms with van der Waals surface area (Å²) in [6.45, 7) is 0.333. The van der Waals surface area contributed by atoms with Crippen LogP contribution in [0.4, 0.5) is 19.0 Å². The minimum atomic E-state index is -4.33. The lowest BCUT2D eigenvalue weighted by Crippen LogP contribution is -2.12. The van der Waals surface area contributed by atoms with E-state index < -0.39 is 11.7 Å². The van der Waals surface area contributed by atoms with Gasteiger partial charge in [-0.15, -0.1) is 0 Å². The number of benzene rings is 1. The molecule has 0 amide bonds. The molecule has 0 fully saturated rings. The largest absolute Gasteiger partial charge is 0.416 e. The summed E-state index contributed by atoms with van der Waals surface area (Å²) in [7, 11) is 0. The van der Waals surface area contributed by atoms with Crippen molar-refractivity contribution in [2.24, 2.45) is 5.73 Å². The van der Waals surface area contributed by atoms with E-state index in [0.29, 0.717) is 23.6 Å². The van der Waals surface area contributed by atoms with Crippen LogP contribution in [-0.2, 0) is 12.7 Å². The second kappa shape index (κ2) is 6.04. The van der Waals surface area contributed by atoms with Crippen LogP contribution in [0.3, 0.4) is 0 Å². The fraction of sp³-hybridized carbons (Fsp3) is 0.154. The van der Waals surface area contributed by atoms with Crippen LogP contribution in [0, 0.1) is 0 Å². The molecule has 8 heteroatoms. The number of nitrogens with zero attached hydrogens (tertiary/aromatic N) is 2. The first kappa shape index (κ1) is 15.2. The lowest BCUT2D eigenvalue weighted by atomic mass is 10.1. The predicted octanol–water partition coefficient (Wildman–Crippen LogP) is 2.74. The van der Waals surface area contributed by atoms with Crippen LogP contribution in [-0.4, -0.2) is 15.0 Å². The summed E-state index contributed by atoms with van der Waals surface area (Å²) in [6.07, 6.45) is -1.44. The number of rotatable bonds is 4. The first-order valence-electron chi connectivity index (χ1n) is 5.88. The molecule has 21 heavy (non-hydrogen) atoms. The molecule has 0 atom stereocenters. The minimum absolute atomic E-state index is 0.150. The molecule has 1 heterocycles. The first-order chi connectivity index (χ1) is 9.86. The average Bonchev–Trinajstić information content (AvgIpc) is 2.45. The maximum absolute atomic E-state index is 12.4. The van der Waals surface area contributed by atoms with Gasteiger partial charge in [-0.05, 0) is 17.7 Å². The van der Waals surface area contributed by atoms with Crippen LogP contribution in [0.1, 0.15) is 16.8 Å². The summed E-state index contributed by atoms with van der Waals surface area (Å²) in [4.78, 5) is 8.20. The van der Waals surface area contributed by atoms with Crippen LogP contribution in [0.25, 0.3) is 0 Å². The number of anilines is 1. The van der Waals surface area contributed by atoms with Crippen molar-refractivity contribution in [3.8, 4) is 0 Å². The summed E-state index contributed by atoms with van der Waals surface area (Å²) < 4.78 is 37.3. The summed E-state index contributed by atoms with van der Waals surface area (Å²) in [5.74, 6) is 0.481. The quantitative estimate of drug-likeness (QED) is 0.850. The zero-order valence-corrected chi connectivity index (χ0v) is 11.5. The summed E-state index contributed by atoms with van der Waals surface area (Å²) in [5.41, 5.74) is 5.83. The summed E-state index contributed by atoms with van der Waals surface area (Å²) in [5, 5.41) is 2.95. The molecular formula is C13H11F3N4S. The average molecular weight is 312 g/mol. The van der Waals surface area contributed by atoms with Gasteiger partial charge in [0.05, 0.1) is 18.0 Å². The van der Waals surface area contributed by atoms with E-state index in [9.17, 15) is 13.2 Å². The van der Waals surface area contributed by atoms with Crippen LogP contribution < -0.4 is 11.1 Å². The second-order valence-electron chi connectivity index (χ2n) is 4.20. The number of thiocarbonyl (C=S) groups is 1. The van der Waals surface area contributed by atoms with Crippen molar-refractivity contribution in [3.63, 3.8) is 0 Å². The number of nitrogens with one attached hydrogen (secondary N) is 1. The molecule has 0 unspecified atom stereocenters. The third kappa shape index (κ3) is 4.12. The maximum Gasteiger partial charge on any atom is 0.416 e. The highest BCUT2D eigenvalue weighted by molar-refractivity contribution is 7.80. The van der Waals surface area contributed by atoms with Crippen LogP contribution in [0.2, 0.25) is 0 Å². The van der Waals surface area contributed by atoms with Crippen molar-refractivity contribution >= 4 is 23.0 Å². The topological polar surface area (TPSA) is 63.8 Å². The van der Waals surface area contributed by atoms with Crippen molar-refractivity contribution in [2.75, 3.05) is 5.32 Å². The highest BCUT2D eigenvalue weighted by Gasteiger charge is 2.29. The molecule has 0 aliphatic rings. The third-order valence-corrected chi connectivity index (χ3v) is 2.87. The Bertz CT molecular complexity index is 623. The van der Waals surface area contributed by atoms with Crippen LogP contribution >= 0.6 is 12.2 Å². The standard InChI is InChI=1S/C13H11F3N4S/c14-13(15,16)9-3-1-8(2-4-9)5-19-11-7-18-10(6-20-11)12(17)21/h1-4,6-7H,5H2,(H2,17,21)(H,19,20). The maximum atomic E-state index is 12.4. The zero-order valence-electron chi connectivity index (χ0n) is 10.7. The highest BCUT2D eigenvalue weighted by Crippen LogP contribution is 2.29. The molecule has 1 aromatic carbocycles. The van der Waals surface area contributed by atoms with E-state index >= 15 is 0 Å². The lowest BCUT2D eigenvalue weighted by Gasteiger charge is -2.09. The molecule has 0 radical (unpaired) electrons. The van der Waals surface area contributed by atoms with Gasteiger partial charge in [0, 0.05) is 6.54 Å². The Morgan fingerprint density at radius 3 is 2.29 bits per heavy atom. The van der Waals surface area contributed by atoms with Crippen LogP contribution in [0.15, 0.2) is 36.7 Å². The zero-order chi connectivity index (χ0) is 15.5. The van der Waals surface area contributed by atoms with Gasteiger partial charge in [-0.1, -0.05) is 24.4 Å². The number of aromatic nitrogens is 2. The fourth-order valence-electron chi connectivity index (χ4n) is 1.55. The van der Waals surface area contributed by atoms with E-state index in [-0.39, 0.29) is 4.99 Å². The summed E-state index contributed by atoms with van der Waals surface area (Å²) >= 11 is 4.75. The Hall–Kier alpha value is -2.22. The van der Waals surface area contributed by atoms with Gasteiger partial charge < -0.3 is 11.1 Å². The van der Waals surface area contributed by atoms with Crippen molar-refractivity contribution in [1.29, 1.82) is 0 Å². The Morgan fingerprint density at radius 2 is 1.81 bits per heavy atom. The Labute approximate surface area is 124 Å². The van der Waals surface area contributed by atoms with Gasteiger partial charge in [0.15, 0.2) is 0 Å². The molecular weight excluding hydrogens is 301 g/mol.